The molecule has 11 heteroatoms. The Morgan fingerprint density at radius 1 is 1.10 bits per heavy atom. The van der Waals surface area contributed by atoms with Gasteiger partial charge in [0.1, 0.15) is 5.82 Å². The first-order valence-electron chi connectivity index (χ1n) is 9.95. The van der Waals surface area contributed by atoms with Crippen LogP contribution in [0.5, 0.6) is 0 Å². The number of rotatable bonds is 5. The third kappa shape index (κ3) is 3.79. The van der Waals surface area contributed by atoms with E-state index in [9.17, 15) is 4.39 Å². The number of halogens is 2. The predicted octanol–water partition coefficient (Wildman–Crippen LogP) is 2.04. The molecule has 0 spiro atoms. The quantitative estimate of drug-likeness (QED) is 0.506. The van der Waals surface area contributed by atoms with Crippen LogP contribution in [0.15, 0.2) is 36.9 Å². The van der Waals surface area contributed by atoms with Crippen LogP contribution in [-0.2, 0) is 13.6 Å². The zero-order valence-electron chi connectivity index (χ0n) is 16.9. The minimum atomic E-state index is -0.609. The smallest absolute Gasteiger partial charge is 0.229 e. The van der Waals surface area contributed by atoms with E-state index in [1.807, 2.05) is 11.9 Å². The van der Waals surface area contributed by atoms with Gasteiger partial charge in [0.15, 0.2) is 11.5 Å². The maximum atomic E-state index is 15.3. The van der Waals surface area contributed by atoms with Crippen LogP contribution in [-0.4, -0.2) is 55.7 Å². The number of aromatic nitrogens is 6. The fourth-order valence-electron chi connectivity index (χ4n) is 3.69. The van der Waals surface area contributed by atoms with Crippen LogP contribution < -0.4 is 15.5 Å². The number of benzene rings is 1. The summed E-state index contributed by atoms with van der Waals surface area (Å²) in [6.07, 6.45) is 6.64. The van der Waals surface area contributed by atoms with Crippen molar-refractivity contribution in [2.75, 3.05) is 36.4 Å². The highest BCUT2D eigenvalue weighted by atomic mass is 19.1. The van der Waals surface area contributed by atoms with Gasteiger partial charge in [-0.15, -0.1) is 0 Å². The van der Waals surface area contributed by atoms with Crippen molar-refractivity contribution in [2.45, 2.75) is 6.54 Å². The van der Waals surface area contributed by atoms with E-state index in [1.165, 1.54) is 16.8 Å². The summed E-state index contributed by atoms with van der Waals surface area (Å²) in [6, 6.07) is 2.81. The fraction of sp³-hybridized carbons (Fsp3) is 0.300. The highest BCUT2D eigenvalue weighted by molar-refractivity contribution is 5.75. The van der Waals surface area contributed by atoms with Gasteiger partial charge in [0.2, 0.25) is 5.95 Å². The molecule has 0 atom stereocenters. The summed E-state index contributed by atoms with van der Waals surface area (Å²) in [5.74, 6) is -0.825. The van der Waals surface area contributed by atoms with Gasteiger partial charge in [-0.2, -0.15) is 15.2 Å². The molecule has 4 aromatic rings. The van der Waals surface area contributed by atoms with E-state index in [2.05, 4.69) is 30.8 Å². The lowest BCUT2D eigenvalue weighted by atomic mass is 10.1. The molecule has 0 bridgehead atoms. The summed E-state index contributed by atoms with van der Waals surface area (Å²) < 4.78 is 33.0. The van der Waals surface area contributed by atoms with Crippen LogP contribution >= 0.6 is 0 Å². The molecule has 1 fully saturated rings. The topological polar surface area (TPSA) is 88.7 Å². The Morgan fingerprint density at radius 3 is 2.71 bits per heavy atom. The normalized spacial score (nSPS) is 14.4. The molecule has 1 aromatic carbocycles. The molecule has 5 rings (SSSR count). The van der Waals surface area contributed by atoms with Gasteiger partial charge in [0, 0.05) is 51.2 Å². The van der Waals surface area contributed by atoms with E-state index in [-0.39, 0.29) is 12.1 Å². The van der Waals surface area contributed by atoms with Gasteiger partial charge in [0.25, 0.3) is 0 Å². The van der Waals surface area contributed by atoms with Crippen LogP contribution in [0.3, 0.4) is 0 Å². The summed E-state index contributed by atoms with van der Waals surface area (Å²) in [5, 5.41) is 15.3. The molecule has 1 aliphatic rings. The number of anilines is 3. The Balaban J connectivity index is 1.46. The van der Waals surface area contributed by atoms with Crippen LogP contribution in [0.2, 0.25) is 0 Å². The fourth-order valence-corrected chi connectivity index (χ4v) is 3.69. The van der Waals surface area contributed by atoms with Crippen molar-refractivity contribution < 1.29 is 8.78 Å². The van der Waals surface area contributed by atoms with Crippen molar-refractivity contribution in [3.8, 4) is 0 Å². The van der Waals surface area contributed by atoms with Crippen molar-refractivity contribution in [2.24, 2.45) is 7.05 Å². The third-order valence-corrected chi connectivity index (χ3v) is 5.27. The molecule has 31 heavy (non-hydrogen) atoms. The van der Waals surface area contributed by atoms with Crippen molar-refractivity contribution >= 4 is 28.4 Å². The van der Waals surface area contributed by atoms with Gasteiger partial charge in [-0.25, -0.2) is 18.4 Å². The highest BCUT2D eigenvalue weighted by Gasteiger charge is 2.21. The monoisotopic (exact) mass is 425 g/mol. The van der Waals surface area contributed by atoms with E-state index in [1.54, 1.807) is 29.5 Å². The molecule has 9 nitrogen and oxygen atoms in total. The number of nitrogens with zero attached hydrogens (tertiary/aromatic N) is 7. The molecule has 160 valence electrons. The molecule has 0 radical (unpaired) electrons. The molecular formula is C20H21F2N9. The van der Waals surface area contributed by atoms with Gasteiger partial charge >= 0.3 is 0 Å². The van der Waals surface area contributed by atoms with Gasteiger partial charge in [-0.05, 0) is 12.1 Å². The van der Waals surface area contributed by atoms with Crippen LogP contribution in [0.25, 0.3) is 11.0 Å². The second kappa shape index (κ2) is 7.91. The van der Waals surface area contributed by atoms with Crippen molar-refractivity contribution in [3.05, 3.63) is 54.1 Å². The predicted molar refractivity (Wildman–Crippen MR) is 112 cm³/mol. The summed E-state index contributed by atoms with van der Waals surface area (Å²) in [5.41, 5.74) is 1.57. The Hall–Kier alpha value is -3.60. The lowest BCUT2D eigenvalue weighted by molar-refractivity contribution is 0.524. The summed E-state index contributed by atoms with van der Waals surface area (Å²) >= 11 is 0. The first-order chi connectivity index (χ1) is 15.1. The Bertz CT molecular complexity index is 1230. The summed E-state index contributed by atoms with van der Waals surface area (Å²) in [7, 11) is 1.81. The van der Waals surface area contributed by atoms with Crippen molar-refractivity contribution in [1.82, 2.24) is 34.8 Å². The minimum Gasteiger partial charge on any atom is -0.367 e. The van der Waals surface area contributed by atoms with E-state index >= 15 is 4.39 Å². The van der Waals surface area contributed by atoms with E-state index < -0.39 is 11.6 Å². The molecular weight excluding hydrogens is 404 g/mol. The van der Waals surface area contributed by atoms with Crippen molar-refractivity contribution in [1.29, 1.82) is 0 Å². The Labute approximate surface area is 176 Å². The van der Waals surface area contributed by atoms with Gasteiger partial charge in [-0.3, -0.25) is 4.68 Å². The number of hydrogen-bond donors (Lipinski definition) is 2. The number of nitrogens with one attached hydrogen (secondary N) is 2. The molecule has 1 saturated heterocycles. The zero-order valence-corrected chi connectivity index (χ0v) is 16.9. The molecule has 1 aliphatic heterocycles. The third-order valence-electron chi connectivity index (χ3n) is 5.27. The molecule has 0 unspecified atom stereocenters. The molecule has 3 aromatic heterocycles. The van der Waals surface area contributed by atoms with Gasteiger partial charge < -0.3 is 15.5 Å². The minimum absolute atomic E-state index is 0.0404. The second-order valence-corrected chi connectivity index (χ2v) is 7.40. The molecule has 0 aliphatic carbocycles. The van der Waals surface area contributed by atoms with Crippen LogP contribution in [0.1, 0.15) is 5.56 Å². The van der Waals surface area contributed by atoms with Gasteiger partial charge in [0.05, 0.1) is 35.7 Å². The lowest BCUT2D eigenvalue weighted by Gasteiger charge is -2.30. The van der Waals surface area contributed by atoms with Crippen LogP contribution in [0, 0.1) is 11.6 Å². The number of fused-ring (bicyclic) bond motifs is 1. The maximum Gasteiger partial charge on any atom is 0.229 e. The lowest BCUT2D eigenvalue weighted by Crippen LogP contribution is -2.44. The first kappa shape index (κ1) is 19.4. The molecule has 2 N–H and O–H groups in total. The summed E-state index contributed by atoms with van der Waals surface area (Å²) in [4.78, 5) is 10.7. The number of aryl methyl sites for hydroxylation is 1. The van der Waals surface area contributed by atoms with Crippen LogP contribution in [0.4, 0.5) is 26.1 Å². The van der Waals surface area contributed by atoms with E-state index in [0.717, 1.165) is 18.8 Å². The number of hydrogen-bond acceptors (Lipinski definition) is 7. The maximum absolute atomic E-state index is 15.3. The average Bonchev–Trinajstić information content (AvgIpc) is 3.37. The van der Waals surface area contributed by atoms with Crippen molar-refractivity contribution in [3.63, 3.8) is 0 Å². The summed E-state index contributed by atoms with van der Waals surface area (Å²) in [6.45, 7) is 2.79. The molecule has 0 amide bonds. The van der Waals surface area contributed by atoms with E-state index in [4.69, 9.17) is 0 Å². The average molecular weight is 425 g/mol. The Morgan fingerprint density at radius 2 is 1.94 bits per heavy atom. The highest BCUT2D eigenvalue weighted by Crippen LogP contribution is 2.26. The SMILES string of the molecule is Cn1cc(Nc2ncc3cnn(Cc4c(F)ccc(N5CCNCC5)c4F)c3n2)cn1. The first-order valence-corrected chi connectivity index (χ1v) is 9.95. The molecule has 0 saturated carbocycles. The number of piperazine rings is 1. The molecule has 4 heterocycles. The zero-order chi connectivity index (χ0) is 21.4. The second-order valence-electron chi connectivity index (χ2n) is 7.40. The largest absolute Gasteiger partial charge is 0.367 e. The van der Waals surface area contributed by atoms with E-state index in [0.29, 0.717) is 35.8 Å². The standard InChI is InChI=1S/C20H21F2N9/c1-29-11-14(10-25-29)27-20-24-8-13-9-26-31(19(13)28-20)12-15-16(21)2-3-17(18(15)22)30-6-4-23-5-7-30/h2-3,8-11,23H,4-7,12H2,1H3,(H,24,27,28). The Kier molecular flexibility index (Phi) is 4.94. The van der Waals surface area contributed by atoms with Gasteiger partial charge in [-0.1, -0.05) is 0 Å².